The van der Waals surface area contributed by atoms with Crippen LogP contribution in [0.25, 0.3) is 0 Å². The highest BCUT2D eigenvalue weighted by atomic mass is 16.5. The molecular weight excluding hydrogens is 322 g/mol. The summed E-state index contributed by atoms with van der Waals surface area (Å²) in [5, 5.41) is 0. The topological polar surface area (TPSA) is 21.7 Å². The van der Waals surface area contributed by atoms with E-state index in [0.717, 1.165) is 31.9 Å². The van der Waals surface area contributed by atoms with Gasteiger partial charge in [0.05, 0.1) is 13.2 Å². The van der Waals surface area contributed by atoms with Gasteiger partial charge in [-0.25, -0.2) is 0 Å². The van der Waals surface area contributed by atoms with E-state index in [2.05, 4.69) is 36.1 Å². The van der Waals surface area contributed by atoms with Gasteiger partial charge in [0.25, 0.3) is 0 Å². The average molecular weight is 354 g/mol. The second-order valence-electron chi connectivity index (χ2n) is 7.08. The number of rotatable bonds is 9. The third-order valence-electron chi connectivity index (χ3n) is 5.05. The normalized spacial score (nSPS) is 18.0. The highest BCUT2D eigenvalue weighted by Crippen LogP contribution is 2.15. The minimum atomic E-state index is 0.617. The zero-order chi connectivity index (χ0) is 18.0. The molecule has 3 heteroatoms. The number of para-hydroxylation sites is 1. The quantitative estimate of drug-likeness (QED) is 0.652. The van der Waals surface area contributed by atoms with Crippen molar-refractivity contribution in [3.8, 4) is 5.75 Å². The van der Waals surface area contributed by atoms with E-state index in [9.17, 15) is 0 Å². The first-order valence-corrected chi connectivity index (χ1v) is 9.92. The summed E-state index contributed by atoms with van der Waals surface area (Å²) in [5.41, 5.74) is 2.63. The molecule has 0 spiro atoms. The van der Waals surface area contributed by atoms with Gasteiger partial charge in [0.15, 0.2) is 0 Å². The summed E-state index contributed by atoms with van der Waals surface area (Å²) >= 11 is 0. The highest BCUT2D eigenvalue weighted by molar-refractivity contribution is 5.24. The van der Waals surface area contributed by atoms with Crippen molar-refractivity contribution in [1.29, 1.82) is 0 Å². The van der Waals surface area contributed by atoms with Crippen molar-refractivity contribution >= 4 is 0 Å². The molecule has 2 aromatic rings. The molecule has 0 unspecified atom stereocenters. The minimum absolute atomic E-state index is 0.617. The molecule has 3 rings (SSSR count). The Hall–Kier alpha value is -1.84. The average Bonchev–Trinajstić information content (AvgIpc) is 2.70. The summed E-state index contributed by atoms with van der Waals surface area (Å²) in [5.74, 6) is 0.920. The first-order chi connectivity index (χ1) is 12.8. The molecule has 1 atom stereocenters. The zero-order valence-electron chi connectivity index (χ0n) is 15.9. The molecule has 1 aliphatic heterocycles. The lowest BCUT2D eigenvalue weighted by atomic mass is 10.1. The number of ether oxygens (including phenoxy) is 2. The van der Waals surface area contributed by atoms with Gasteiger partial charge >= 0.3 is 0 Å². The van der Waals surface area contributed by atoms with Crippen LogP contribution in [0.3, 0.4) is 0 Å². The molecule has 1 heterocycles. The van der Waals surface area contributed by atoms with Gasteiger partial charge in [-0.2, -0.15) is 0 Å². The maximum Gasteiger partial charge on any atom is 0.119 e. The molecule has 0 amide bonds. The molecule has 0 N–H and O–H groups in total. The number of aryl methyl sites for hydroxylation is 1. The van der Waals surface area contributed by atoms with Crippen LogP contribution < -0.4 is 4.74 Å². The molecule has 2 aromatic carbocycles. The smallest absolute Gasteiger partial charge is 0.119 e. The van der Waals surface area contributed by atoms with Crippen LogP contribution in [0, 0.1) is 0 Å². The van der Waals surface area contributed by atoms with E-state index >= 15 is 0 Å². The van der Waals surface area contributed by atoms with E-state index in [-0.39, 0.29) is 0 Å². The fourth-order valence-electron chi connectivity index (χ4n) is 3.55. The molecule has 140 valence electrons. The monoisotopic (exact) mass is 353 g/mol. The number of hydrogen-bond donors (Lipinski definition) is 0. The number of nitrogens with zero attached hydrogens (tertiary/aromatic N) is 1. The molecule has 0 aromatic heterocycles. The largest absolute Gasteiger partial charge is 0.489 e. The third-order valence-corrected chi connectivity index (χ3v) is 5.05. The lowest BCUT2D eigenvalue weighted by molar-refractivity contribution is -0.0108. The van der Waals surface area contributed by atoms with Crippen LogP contribution in [-0.2, 0) is 17.8 Å². The van der Waals surface area contributed by atoms with E-state index < -0.39 is 0 Å². The number of morpholine rings is 1. The van der Waals surface area contributed by atoms with Crippen molar-refractivity contribution in [2.75, 3.05) is 26.3 Å². The van der Waals surface area contributed by atoms with Crippen molar-refractivity contribution in [2.45, 2.75) is 45.3 Å². The van der Waals surface area contributed by atoms with Crippen molar-refractivity contribution < 1.29 is 9.47 Å². The predicted octanol–water partition coefficient (Wildman–Crippen LogP) is 4.70. The van der Waals surface area contributed by atoms with Crippen LogP contribution in [0.1, 0.15) is 37.3 Å². The summed E-state index contributed by atoms with van der Waals surface area (Å²) in [6.45, 7) is 6.93. The van der Waals surface area contributed by atoms with E-state index in [0.29, 0.717) is 12.6 Å². The van der Waals surface area contributed by atoms with Gasteiger partial charge in [-0.05, 0) is 49.1 Å². The fraction of sp³-hybridized carbons (Fsp3) is 0.478. The van der Waals surface area contributed by atoms with Crippen molar-refractivity contribution in [3.05, 3.63) is 65.7 Å². The molecule has 0 aliphatic carbocycles. The van der Waals surface area contributed by atoms with Crippen molar-refractivity contribution in [2.24, 2.45) is 0 Å². The van der Waals surface area contributed by atoms with Crippen LogP contribution >= 0.6 is 0 Å². The second kappa shape index (κ2) is 10.3. The first-order valence-electron chi connectivity index (χ1n) is 9.92. The third kappa shape index (κ3) is 5.86. The Balaban J connectivity index is 1.41. The molecular formula is C23H31NO2. The molecule has 0 saturated carbocycles. The predicted molar refractivity (Wildman–Crippen MR) is 107 cm³/mol. The molecule has 0 radical (unpaired) electrons. The van der Waals surface area contributed by atoms with Crippen molar-refractivity contribution in [3.63, 3.8) is 0 Å². The number of benzene rings is 2. The summed E-state index contributed by atoms with van der Waals surface area (Å²) < 4.78 is 11.5. The maximum atomic E-state index is 5.81. The lowest BCUT2D eigenvalue weighted by Gasteiger charge is -2.35. The Bertz CT molecular complexity index is 624. The van der Waals surface area contributed by atoms with Gasteiger partial charge in [0.1, 0.15) is 12.4 Å². The van der Waals surface area contributed by atoms with Gasteiger partial charge in [0, 0.05) is 12.6 Å². The second-order valence-corrected chi connectivity index (χ2v) is 7.08. The highest BCUT2D eigenvalue weighted by Gasteiger charge is 2.21. The Morgan fingerprint density at radius 2 is 1.81 bits per heavy atom. The molecule has 1 fully saturated rings. The van der Waals surface area contributed by atoms with E-state index in [1.165, 1.54) is 36.9 Å². The number of hydrogen-bond acceptors (Lipinski definition) is 3. The molecule has 3 nitrogen and oxygen atoms in total. The molecule has 1 aliphatic rings. The van der Waals surface area contributed by atoms with E-state index in [1.807, 2.05) is 30.3 Å². The van der Waals surface area contributed by atoms with Crippen LogP contribution in [0.5, 0.6) is 5.75 Å². The SMILES string of the molecule is CCC[C@@H]1COCCN1CCCc1ccc(COc2ccccc2)cc1. The van der Waals surface area contributed by atoms with Gasteiger partial charge in [0.2, 0.25) is 0 Å². The van der Waals surface area contributed by atoms with Gasteiger partial charge in [-0.1, -0.05) is 55.8 Å². The minimum Gasteiger partial charge on any atom is -0.489 e. The maximum absolute atomic E-state index is 5.81. The zero-order valence-corrected chi connectivity index (χ0v) is 15.9. The van der Waals surface area contributed by atoms with Crippen LogP contribution in [-0.4, -0.2) is 37.2 Å². The van der Waals surface area contributed by atoms with E-state index in [1.54, 1.807) is 0 Å². The summed E-state index contributed by atoms with van der Waals surface area (Å²) in [6, 6.07) is 19.5. The molecule has 1 saturated heterocycles. The Kier molecular flexibility index (Phi) is 7.53. The van der Waals surface area contributed by atoms with Gasteiger partial charge in [-0.15, -0.1) is 0 Å². The molecule has 0 bridgehead atoms. The Morgan fingerprint density at radius 1 is 1.04 bits per heavy atom. The van der Waals surface area contributed by atoms with Crippen LogP contribution in [0.4, 0.5) is 0 Å². The first kappa shape index (κ1) is 18.9. The van der Waals surface area contributed by atoms with Gasteiger partial charge in [-0.3, -0.25) is 4.90 Å². The summed E-state index contributed by atoms with van der Waals surface area (Å²) in [4.78, 5) is 2.62. The Morgan fingerprint density at radius 3 is 2.58 bits per heavy atom. The van der Waals surface area contributed by atoms with Gasteiger partial charge < -0.3 is 9.47 Å². The Labute approximate surface area is 157 Å². The summed E-state index contributed by atoms with van der Waals surface area (Å²) in [7, 11) is 0. The van der Waals surface area contributed by atoms with Crippen molar-refractivity contribution in [1.82, 2.24) is 4.90 Å². The standard InChI is InChI=1S/C23H31NO2/c1-2-7-22-19-25-17-16-24(22)15-6-8-20-11-13-21(14-12-20)18-26-23-9-4-3-5-10-23/h3-5,9-14,22H,2,6-8,15-19H2,1H3/t22-/m1/s1. The molecule has 26 heavy (non-hydrogen) atoms. The lowest BCUT2D eigenvalue weighted by Crippen LogP contribution is -2.45. The van der Waals surface area contributed by atoms with Crippen LogP contribution in [0.15, 0.2) is 54.6 Å². The fourth-order valence-corrected chi connectivity index (χ4v) is 3.55. The van der Waals surface area contributed by atoms with E-state index in [4.69, 9.17) is 9.47 Å². The summed E-state index contributed by atoms with van der Waals surface area (Å²) in [6.07, 6.45) is 4.82. The van der Waals surface area contributed by atoms with Crippen LogP contribution in [0.2, 0.25) is 0 Å².